The van der Waals surface area contributed by atoms with E-state index in [-0.39, 0.29) is 22.0 Å². The van der Waals surface area contributed by atoms with Crippen LogP contribution in [0.15, 0.2) is 30.6 Å². The number of hydrogen-bond acceptors (Lipinski definition) is 5. The molecule has 4 N–H and O–H groups in total. The number of hydrazine groups is 2. The van der Waals surface area contributed by atoms with Crippen LogP contribution in [0.2, 0.25) is 5.02 Å². The second-order valence-electron chi connectivity index (χ2n) is 3.93. The number of benzene rings is 1. The molecule has 1 aromatic heterocycles. The summed E-state index contributed by atoms with van der Waals surface area (Å²) >= 11 is 7.88. The van der Waals surface area contributed by atoms with Crippen LogP contribution in [0.25, 0.3) is 0 Å². The number of carboxylic acid groups (broad SMARTS) is 1. The van der Waals surface area contributed by atoms with Crippen LogP contribution in [0.3, 0.4) is 0 Å². The maximum absolute atomic E-state index is 13.8. The van der Waals surface area contributed by atoms with Gasteiger partial charge in [0.05, 0.1) is 10.7 Å². The van der Waals surface area contributed by atoms with E-state index in [0.717, 1.165) is 11.3 Å². The zero-order valence-electron chi connectivity index (χ0n) is 10.3. The molecule has 0 amide bonds. The molecule has 0 atom stereocenters. The standard InChI is InChI=1S/C12H9ClFIN4O2/c13-8-5-17-4-7(12(20)21)11(8)19(16)18-10-2-1-6(15)3-9(10)14/h1-5,18H,16H2,(H,20,21). The average molecular weight is 423 g/mol. The number of nitrogens with two attached hydrogens (primary N) is 1. The lowest BCUT2D eigenvalue weighted by atomic mass is 10.2. The summed E-state index contributed by atoms with van der Waals surface area (Å²) in [6, 6.07) is 4.46. The summed E-state index contributed by atoms with van der Waals surface area (Å²) < 4.78 is 14.5. The van der Waals surface area contributed by atoms with E-state index in [4.69, 9.17) is 22.6 Å². The first-order valence-electron chi connectivity index (χ1n) is 5.53. The number of hydrogen-bond donors (Lipinski definition) is 3. The minimum Gasteiger partial charge on any atom is -0.478 e. The van der Waals surface area contributed by atoms with Crippen molar-refractivity contribution >= 4 is 51.5 Å². The molecular formula is C12H9ClFIN4O2. The molecule has 110 valence electrons. The lowest BCUT2D eigenvalue weighted by molar-refractivity contribution is 0.0697. The Kier molecular flexibility index (Phi) is 4.80. The molecule has 2 aromatic rings. The number of carbonyl (C=O) groups is 1. The smallest absolute Gasteiger partial charge is 0.339 e. The zero-order valence-corrected chi connectivity index (χ0v) is 13.3. The molecule has 1 aromatic carbocycles. The van der Waals surface area contributed by atoms with Gasteiger partial charge in [-0.2, -0.15) is 0 Å². The number of nitrogens with zero attached hydrogens (tertiary/aromatic N) is 2. The summed E-state index contributed by atoms with van der Waals surface area (Å²) in [5.74, 6) is 3.97. The van der Waals surface area contributed by atoms with E-state index in [2.05, 4.69) is 10.4 Å². The molecule has 1 heterocycles. The van der Waals surface area contributed by atoms with Gasteiger partial charge in [0, 0.05) is 16.0 Å². The summed E-state index contributed by atoms with van der Waals surface area (Å²) in [6.07, 6.45) is 2.35. The van der Waals surface area contributed by atoms with Crippen molar-refractivity contribution in [2.24, 2.45) is 5.84 Å². The molecule has 9 heteroatoms. The van der Waals surface area contributed by atoms with Gasteiger partial charge >= 0.3 is 5.97 Å². The van der Waals surface area contributed by atoms with E-state index in [0.29, 0.717) is 3.57 Å². The Morgan fingerprint density at radius 1 is 1.48 bits per heavy atom. The monoisotopic (exact) mass is 422 g/mol. The molecule has 0 radical (unpaired) electrons. The van der Waals surface area contributed by atoms with Gasteiger partial charge in [0.2, 0.25) is 0 Å². The van der Waals surface area contributed by atoms with Crippen LogP contribution in [0.5, 0.6) is 0 Å². The number of nitrogens with one attached hydrogen (secondary N) is 1. The molecule has 6 nitrogen and oxygen atoms in total. The van der Waals surface area contributed by atoms with E-state index in [1.165, 1.54) is 18.3 Å². The third-order valence-electron chi connectivity index (χ3n) is 2.52. The van der Waals surface area contributed by atoms with Crippen LogP contribution >= 0.6 is 34.2 Å². The number of pyridine rings is 1. The minimum absolute atomic E-state index is 0.0166. The molecule has 0 fully saturated rings. The van der Waals surface area contributed by atoms with E-state index >= 15 is 0 Å². The largest absolute Gasteiger partial charge is 0.478 e. The zero-order chi connectivity index (χ0) is 15.6. The first-order chi connectivity index (χ1) is 9.90. The fraction of sp³-hybridized carbons (Fsp3) is 0. The van der Waals surface area contributed by atoms with Crippen LogP contribution < -0.4 is 16.4 Å². The minimum atomic E-state index is -1.25. The lowest BCUT2D eigenvalue weighted by Crippen LogP contribution is -2.38. The number of carboxylic acids is 1. The van der Waals surface area contributed by atoms with E-state index < -0.39 is 11.8 Å². The fourth-order valence-corrected chi connectivity index (χ4v) is 2.30. The van der Waals surface area contributed by atoms with Gasteiger partial charge in [-0.05, 0) is 40.8 Å². The fourth-order valence-electron chi connectivity index (χ4n) is 1.60. The van der Waals surface area contributed by atoms with Crippen molar-refractivity contribution in [1.29, 1.82) is 0 Å². The van der Waals surface area contributed by atoms with Gasteiger partial charge in [0.15, 0.2) is 0 Å². The van der Waals surface area contributed by atoms with E-state index in [1.54, 1.807) is 6.07 Å². The topological polar surface area (TPSA) is 91.5 Å². The van der Waals surface area contributed by atoms with E-state index in [9.17, 15) is 9.18 Å². The third kappa shape index (κ3) is 3.52. The normalized spacial score (nSPS) is 10.3. The Labute approximate surface area is 137 Å². The van der Waals surface area contributed by atoms with Crippen molar-refractivity contribution in [3.63, 3.8) is 0 Å². The highest BCUT2D eigenvalue weighted by atomic mass is 127. The predicted molar refractivity (Wildman–Crippen MR) is 85.6 cm³/mol. The highest BCUT2D eigenvalue weighted by Gasteiger charge is 2.19. The Bertz CT molecular complexity index is 701. The number of rotatable bonds is 4. The highest BCUT2D eigenvalue weighted by molar-refractivity contribution is 14.1. The number of aromatic nitrogens is 1. The Morgan fingerprint density at radius 2 is 2.19 bits per heavy atom. The van der Waals surface area contributed by atoms with Crippen molar-refractivity contribution in [2.45, 2.75) is 0 Å². The molecule has 0 saturated heterocycles. The van der Waals surface area contributed by atoms with Crippen LogP contribution in [0.4, 0.5) is 15.8 Å². The second kappa shape index (κ2) is 6.41. The summed E-state index contributed by atoms with van der Waals surface area (Å²) in [5, 5.41) is 9.98. The maximum Gasteiger partial charge on any atom is 0.339 e. The number of aromatic carboxylic acids is 1. The van der Waals surface area contributed by atoms with Gasteiger partial charge in [-0.3, -0.25) is 10.4 Å². The highest BCUT2D eigenvalue weighted by Crippen LogP contribution is 2.28. The molecule has 0 bridgehead atoms. The van der Waals surface area contributed by atoms with Crippen molar-refractivity contribution in [3.05, 3.63) is 50.6 Å². The van der Waals surface area contributed by atoms with Gasteiger partial charge in [-0.25, -0.2) is 20.1 Å². The molecule has 0 saturated carbocycles. The predicted octanol–water partition coefficient (Wildman–Crippen LogP) is 2.88. The summed E-state index contributed by atoms with van der Waals surface area (Å²) in [6.45, 7) is 0. The van der Waals surface area contributed by atoms with Crippen molar-refractivity contribution in [1.82, 2.24) is 4.98 Å². The molecule has 0 spiro atoms. The molecule has 21 heavy (non-hydrogen) atoms. The van der Waals surface area contributed by atoms with Gasteiger partial charge in [0.25, 0.3) is 0 Å². The van der Waals surface area contributed by atoms with Crippen molar-refractivity contribution < 1.29 is 14.3 Å². The lowest BCUT2D eigenvalue weighted by Gasteiger charge is -2.23. The summed E-state index contributed by atoms with van der Waals surface area (Å²) in [4.78, 5) is 14.8. The molecular weight excluding hydrogens is 414 g/mol. The second-order valence-corrected chi connectivity index (χ2v) is 5.58. The first-order valence-corrected chi connectivity index (χ1v) is 6.99. The van der Waals surface area contributed by atoms with Crippen LogP contribution in [-0.2, 0) is 0 Å². The molecule has 0 aliphatic rings. The van der Waals surface area contributed by atoms with Crippen LogP contribution in [0, 0.1) is 9.39 Å². The molecule has 0 unspecified atom stereocenters. The summed E-state index contributed by atoms with van der Waals surface area (Å²) in [7, 11) is 0. The van der Waals surface area contributed by atoms with Crippen LogP contribution in [-0.4, -0.2) is 16.1 Å². The number of anilines is 2. The van der Waals surface area contributed by atoms with Gasteiger partial charge < -0.3 is 5.11 Å². The van der Waals surface area contributed by atoms with Gasteiger partial charge in [-0.1, -0.05) is 11.6 Å². The molecule has 2 rings (SSSR count). The van der Waals surface area contributed by atoms with Gasteiger partial charge in [-0.15, -0.1) is 0 Å². The quantitative estimate of drug-likeness (QED) is 0.399. The summed E-state index contributed by atoms with van der Waals surface area (Å²) in [5.41, 5.74) is 2.41. The maximum atomic E-state index is 13.8. The van der Waals surface area contributed by atoms with Gasteiger partial charge in [0.1, 0.15) is 17.1 Å². The third-order valence-corrected chi connectivity index (χ3v) is 3.46. The Balaban J connectivity index is 2.36. The Hall–Kier alpha value is -1.65. The number of halogens is 3. The molecule has 0 aliphatic carbocycles. The SMILES string of the molecule is NN(Nc1ccc(I)cc1F)c1c(Cl)cncc1C(=O)O. The first kappa shape index (κ1) is 15.7. The van der Waals surface area contributed by atoms with E-state index in [1.807, 2.05) is 22.6 Å². The van der Waals surface area contributed by atoms with Crippen LogP contribution in [0.1, 0.15) is 10.4 Å². The molecule has 0 aliphatic heterocycles. The Morgan fingerprint density at radius 3 is 2.81 bits per heavy atom. The average Bonchev–Trinajstić information content (AvgIpc) is 2.41. The van der Waals surface area contributed by atoms with Crippen molar-refractivity contribution in [3.8, 4) is 0 Å². The van der Waals surface area contributed by atoms with Crippen molar-refractivity contribution in [2.75, 3.05) is 10.5 Å².